The van der Waals surface area contributed by atoms with Crippen LogP contribution in [0, 0.1) is 29.1 Å². The SMILES string of the molecule is CC(C)(C)OC(=O)CCCCCCCCCCCCCCCCC(=O)NC(CCC(=O)Oc1c(F)c(F)c(F)c(F)c1F)C(=O)OC(C)(C)C. The van der Waals surface area contributed by atoms with Gasteiger partial charge in [0, 0.05) is 19.3 Å². The van der Waals surface area contributed by atoms with Gasteiger partial charge in [0.15, 0.2) is 0 Å². The van der Waals surface area contributed by atoms with Crippen molar-refractivity contribution in [1.82, 2.24) is 5.32 Å². The molecule has 0 saturated heterocycles. The number of benzene rings is 1. The van der Waals surface area contributed by atoms with Gasteiger partial charge in [-0.05, 0) is 60.8 Å². The van der Waals surface area contributed by atoms with Gasteiger partial charge in [0.2, 0.25) is 40.7 Å². The van der Waals surface area contributed by atoms with Gasteiger partial charge in [0.05, 0.1) is 0 Å². The van der Waals surface area contributed by atoms with Crippen LogP contribution in [0.15, 0.2) is 0 Å². The zero-order chi connectivity index (χ0) is 37.9. The first-order valence-electron chi connectivity index (χ1n) is 17.8. The molecule has 0 saturated carbocycles. The van der Waals surface area contributed by atoms with Crippen LogP contribution >= 0.6 is 0 Å². The summed E-state index contributed by atoms with van der Waals surface area (Å²) in [5.74, 6) is -16.1. The Morgan fingerprint density at radius 3 is 1.32 bits per heavy atom. The molecule has 0 bridgehead atoms. The largest absolute Gasteiger partial charge is 0.460 e. The molecule has 1 unspecified atom stereocenters. The molecule has 1 atom stereocenters. The fourth-order valence-electron chi connectivity index (χ4n) is 5.06. The molecule has 50 heavy (non-hydrogen) atoms. The summed E-state index contributed by atoms with van der Waals surface area (Å²) in [5.41, 5.74) is -1.36. The lowest BCUT2D eigenvalue weighted by molar-refractivity contribution is -0.159. The second-order valence-corrected chi connectivity index (χ2v) is 14.6. The third-order valence-corrected chi connectivity index (χ3v) is 7.50. The van der Waals surface area contributed by atoms with Crippen molar-refractivity contribution < 1.29 is 55.3 Å². The zero-order valence-corrected chi connectivity index (χ0v) is 30.6. The van der Waals surface area contributed by atoms with Gasteiger partial charge in [-0.2, -0.15) is 8.78 Å². The van der Waals surface area contributed by atoms with E-state index in [0.717, 1.165) is 51.4 Å². The number of rotatable bonds is 23. The Bertz CT molecular complexity index is 1220. The average molecular weight is 722 g/mol. The van der Waals surface area contributed by atoms with E-state index in [9.17, 15) is 41.1 Å². The van der Waals surface area contributed by atoms with Crippen LogP contribution in [0.2, 0.25) is 0 Å². The molecule has 0 aliphatic heterocycles. The molecule has 1 N–H and O–H groups in total. The molecule has 1 rings (SSSR count). The first kappa shape index (κ1) is 44.8. The number of carbonyl (C=O) groups excluding carboxylic acids is 4. The third kappa shape index (κ3) is 19.2. The Kier molecular flexibility index (Phi) is 20.2. The number of esters is 3. The second kappa shape index (κ2) is 22.5. The molecule has 0 heterocycles. The second-order valence-electron chi connectivity index (χ2n) is 14.6. The Morgan fingerprint density at radius 1 is 0.520 bits per heavy atom. The number of halogens is 5. The van der Waals surface area contributed by atoms with Crippen LogP contribution in [-0.2, 0) is 28.7 Å². The Balaban J connectivity index is 2.29. The molecule has 0 spiro atoms. The van der Waals surface area contributed by atoms with Crippen molar-refractivity contribution in [2.75, 3.05) is 0 Å². The van der Waals surface area contributed by atoms with Crippen LogP contribution in [0.5, 0.6) is 5.75 Å². The summed E-state index contributed by atoms with van der Waals surface area (Å²) in [5, 5.41) is 2.51. The molecule has 0 aliphatic rings. The standard InChI is InChI=1S/C37H56F5NO7/c1-36(2,3)49-28(46)22-20-18-16-14-12-10-8-7-9-11-13-15-17-19-21-26(44)43-25(35(47)50-37(4,5)6)23-24-27(45)48-34-32(41)30(39)29(38)31(40)33(34)42/h25H,7-24H2,1-6H3,(H,43,44). The molecular weight excluding hydrogens is 665 g/mol. The molecule has 1 aromatic rings. The molecule has 0 fully saturated rings. The summed E-state index contributed by atoms with van der Waals surface area (Å²) in [7, 11) is 0. The highest BCUT2D eigenvalue weighted by molar-refractivity contribution is 5.85. The monoisotopic (exact) mass is 721 g/mol. The minimum Gasteiger partial charge on any atom is -0.460 e. The minimum absolute atomic E-state index is 0.120. The molecule has 1 aromatic carbocycles. The summed E-state index contributed by atoms with van der Waals surface area (Å²) >= 11 is 0. The Hall–Kier alpha value is -3.25. The van der Waals surface area contributed by atoms with Gasteiger partial charge in [0.1, 0.15) is 17.2 Å². The molecule has 286 valence electrons. The summed E-state index contributed by atoms with van der Waals surface area (Å²) in [6.45, 7) is 10.4. The summed E-state index contributed by atoms with van der Waals surface area (Å²) in [4.78, 5) is 49.2. The number of amides is 1. The van der Waals surface area contributed by atoms with Gasteiger partial charge in [-0.3, -0.25) is 14.4 Å². The van der Waals surface area contributed by atoms with Crippen LogP contribution in [0.1, 0.15) is 157 Å². The van der Waals surface area contributed by atoms with Crippen molar-refractivity contribution in [3.05, 3.63) is 29.1 Å². The Labute approximate surface area is 293 Å². The summed E-state index contributed by atoms with van der Waals surface area (Å²) in [6, 6.07) is -1.31. The van der Waals surface area contributed by atoms with Crippen molar-refractivity contribution in [2.45, 2.75) is 174 Å². The van der Waals surface area contributed by atoms with Crippen LogP contribution < -0.4 is 10.1 Å². The molecule has 13 heteroatoms. The smallest absolute Gasteiger partial charge is 0.329 e. The van der Waals surface area contributed by atoms with E-state index < -0.39 is 82.8 Å². The van der Waals surface area contributed by atoms with E-state index in [4.69, 9.17) is 9.47 Å². The fraction of sp³-hybridized carbons (Fsp3) is 0.730. The number of unbranched alkanes of at least 4 members (excludes halogenated alkanes) is 13. The van der Waals surface area contributed by atoms with Crippen molar-refractivity contribution in [2.24, 2.45) is 0 Å². The van der Waals surface area contributed by atoms with Crippen molar-refractivity contribution in [3.8, 4) is 5.75 Å². The van der Waals surface area contributed by atoms with Gasteiger partial charge in [-0.15, -0.1) is 0 Å². The highest BCUT2D eigenvalue weighted by atomic mass is 19.2. The zero-order valence-electron chi connectivity index (χ0n) is 30.6. The number of hydrogen-bond donors (Lipinski definition) is 1. The van der Waals surface area contributed by atoms with Crippen LogP contribution in [0.4, 0.5) is 22.0 Å². The number of ether oxygens (including phenoxy) is 3. The van der Waals surface area contributed by atoms with Crippen molar-refractivity contribution in [3.63, 3.8) is 0 Å². The lowest BCUT2D eigenvalue weighted by atomic mass is 10.0. The van der Waals surface area contributed by atoms with Gasteiger partial charge in [-0.1, -0.05) is 77.0 Å². The highest BCUT2D eigenvalue weighted by Gasteiger charge is 2.31. The van der Waals surface area contributed by atoms with E-state index in [2.05, 4.69) is 10.1 Å². The first-order chi connectivity index (χ1) is 23.3. The molecule has 0 aliphatic carbocycles. The maximum absolute atomic E-state index is 13.9. The van der Waals surface area contributed by atoms with E-state index in [0.29, 0.717) is 12.8 Å². The van der Waals surface area contributed by atoms with Crippen LogP contribution in [0.3, 0.4) is 0 Å². The van der Waals surface area contributed by atoms with E-state index in [1.165, 1.54) is 32.1 Å². The fourth-order valence-corrected chi connectivity index (χ4v) is 5.06. The highest BCUT2D eigenvalue weighted by Crippen LogP contribution is 2.29. The number of carbonyl (C=O) groups is 4. The molecule has 0 aromatic heterocycles. The maximum Gasteiger partial charge on any atom is 0.329 e. The van der Waals surface area contributed by atoms with Gasteiger partial charge in [-0.25, -0.2) is 18.0 Å². The molecular formula is C37H56F5NO7. The van der Waals surface area contributed by atoms with Crippen LogP contribution in [0.25, 0.3) is 0 Å². The average Bonchev–Trinajstić information content (AvgIpc) is 3.01. The first-order valence-corrected chi connectivity index (χ1v) is 17.8. The van der Waals surface area contributed by atoms with E-state index in [1.54, 1.807) is 20.8 Å². The predicted molar refractivity (Wildman–Crippen MR) is 179 cm³/mol. The summed E-state index contributed by atoms with van der Waals surface area (Å²) < 4.78 is 82.9. The molecule has 8 nitrogen and oxygen atoms in total. The quantitative estimate of drug-likeness (QED) is 0.0300. The topological polar surface area (TPSA) is 108 Å². The normalized spacial score (nSPS) is 12.4. The summed E-state index contributed by atoms with van der Waals surface area (Å²) in [6.07, 6.45) is 14.2. The predicted octanol–water partition coefficient (Wildman–Crippen LogP) is 9.48. The lowest BCUT2D eigenvalue weighted by Gasteiger charge is -2.24. The van der Waals surface area contributed by atoms with Crippen LogP contribution in [-0.4, -0.2) is 41.1 Å². The Morgan fingerprint density at radius 2 is 0.900 bits per heavy atom. The van der Waals surface area contributed by atoms with E-state index in [1.807, 2.05) is 20.8 Å². The lowest BCUT2D eigenvalue weighted by Crippen LogP contribution is -2.44. The number of nitrogens with one attached hydrogen (secondary N) is 1. The molecule has 0 radical (unpaired) electrons. The van der Waals surface area contributed by atoms with Crippen molar-refractivity contribution >= 4 is 23.8 Å². The van der Waals surface area contributed by atoms with Crippen molar-refractivity contribution in [1.29, 1.82) is 0 Å². The van der Waals surface area contributed by atoms with Gasteiger partial charge in [0.25, 0.3) is 0 Å². The number of hydrogen-bond acceptors (Lipinski definition) is 7. The third-order valence-electron chi connectivity index (χ3n) is 7.50. The van der Waals surface area contributed by atoms with E-state index in [-0.39, 0.29) is 12.4 Å². The minimum atomic E-state index is -2.40. The molecule has 1 amide bonds. The van der Waals surface area contributed by atoms with Gasteiger partial charge >= 0.3 is 17.9 Å². The van der Waals surface area contributed by atoms with E-state index >= 15 is 0 Å². The van der Waals surface area contributed by atoms with Gasteiger partial charge < -0.3 is 19.5 Å². The maximum atomic E-state index is 13.9.